The van der Waals surface area contributed by atoms with Crippen molar-refractivity contribution in [1.29, 1.82) is 0 Å². The van der Waals surface area contributed by atoms with Crippen molar-refractivity contribution >= 4 is 17.8 Å². The number of aliphatic hydroxyl groups excluding tert-OH is 3. The van der Waals surface area contributed by atoms with Crippen LogP contribution in [0.15, 0.2) is 30.1 Å². The molecule has 9 heteroatoms. The minimum Gasteiger partial charge on any atom is -0.508 e. The van der Waals surface area contributed by atoms with E-state index in [4.69, 9.17) is 4.74 Å². The number of cyclic esters (lactones) is 1. The second-order valence-corrected chi connectivity index (χ2v) is 6.15. The van der Waals surface area contributed by atoms with Crippen molar-refractivity contribution in [1.82, 2.24) is 0 Å². The van der Waals surface area contributed by atoms with E-state index in [-0.39, 0.29) is 16.9 Å². The van der Waals surface area contributed by atoms with Crippen LogP contribution in [0, 0.1) is 0 Å². The van der Waals surface area contributed by atoms with Gasteiger partial charge in [0.25, 0.3) is 0 Å². The molecule has 1 aromatic carbocycles. The smallest absolute Gasteiger partial charge is 0.350 e. The van der Waals surface area contributed by atoms with Crippen LogP contribution in [0.2, 0.25) is 0 Å². The Morgan fingerprint density at radius 1 is 1.22 bits per heavy atom. The van der Waals surface area contributed by atoms with Crippen LogP contribution in [0.1, 0.15) is 29.3 Å². The zero-order valence-corrected chi connectivity index (χ0v) is 14.3. The zero-order valence-electron chi connectivity index (χ0n) is 14.3. The molecule has 0 amide bonds. The van der Waals surface area contributed by atoms with Gasteiger partial charge < -0.3 is 30.3 Å². The second kappa shape index (κ2) is 8.30. The van der Waals surface area contributed by atoms with Gasteiger partial charge in [0.05, 0.1) is 6.08 Å². The Bertz CT molecular complexity index is 801. The summed E-state index contributed by atoms with van der Waals surface area (Å²) < 4.78 is 19.0. The summed E-state index contributed by atoms with van der Waals surface area (Å²) in [5.41, 5.74) is -0.388. The van der Waals surface area contributed by atoms with Gasteiger partial charge in [0.1, 0.15) is 41.2 Å². The van der Waals surface area contributed by atoms with Crippen molar-refractivity contribution < 1.29 is 44.2 Å². The SMILES string of the molecule is C[C@H]1C/C(F)=C\C(=[OH+])[C@@H](O)[C@@H](O)[C@@H](O)/C=C/c2cc(O)cc(O)c2C(=O)O1. The Hall–Kier alpha value is -2.75. The number of carbonyl (C=O) groups excluding carboxylic acids is 2. The number of halogens is 1. The van der Waals surface area contributed by atoms with Gasteiger partial charge in [0.2, 0.25) is 0 Å². The maximum absolute atomic E-state index is 13.9. The summed E-state index contributed by atoms with van der Waals surface area (Å²) >= 11 is 0. The lowest BCUT2D eigenvalue weighted by Gasteiger charge is -2.18. The number of phenols is 2. The predicted molar refractivity (Wildman–Crippen MR) is 92.5 cm³/mol. The molecule has 27 heavy (non-hydrogen) atoms. The predicted octanol–water partition coefficient (Wildman–Crippen LogP) is 0.541. The van der Waals surface area contributed by atoms with Gasteiger partial charge >= 0.3 is 11.8 Å². The molecule has 1 heterocycles. The standard InChI is InChI=1S/C18H19FO8/c1-8-4-10(19)6-14(23)17(25)16(24)12(21)3-2-9-5-11(20)7-13(22)15(9)18(26)27-8/h2-3,5-8,12,16-17,20-22,24-25H,4H2,1H3/p+1/b3-2+,10-6+/t8-,12-,16-,17+/m0/s1. The van der Waals surface area contributed by atoms with Crippen molar-refractivity contribution in [2.75, 3.05) is 0 Å². The normalized spacial score (nSPS) is 30.5. The molecule has 1 aliphatic rings. The molecule has 0 fully saturated rings. The molecular weight excluding hydrogens is 363 g/mol. The van der Waals surface area contributed by atoms with Crippen LogP contribution in [0.4, 0.5) is 4.39 Å². The van der Waals surface area contributed by atoms with Crippen molar-refractivity contribution in [2.24, 2.45) is 0 Å². The lowest BCUT2D eigenvalue weighted by atomic mass is 10.00. The van der Waals surface area contributed by atoms with Crippen molar-refractivity contribution in [2.45, 2.75) is 37.8 Å². The molecule has 146 valence electrons. The van der Waals surface area contributed by atoms with Gasteiger partial charge in [-0.15, -0.1) is 0 Å². The summed E-state index contributed by atoms with van der Waals surface area (Å²) in [7, 11) is 0. The van der Waals surface area contributed by atoms with E-state index in [1.807, 2.05) is 0 Å². The molecule has 1 aromatic rings. The molecule has 0 aromatic heterocycles. The highest BCUT2D eigenvalue weighted by molar-refractivity contribution is 5.97. The van der Waals surface area contributed by atoms with Gasteiger partial charge in [-0.1, -0.05) is 12.2 Å². The highest BCUT2D eigenvalue weighted by Gasteiger charge is 2.33. The van der Waals surface area contributed by atoms with E-state index in [2.05, 4.69) is 0 Å². The highest BCUT2D eigenvalue weighted by atomic mass is 19.1. The van der Waals surface area contributed by atoms with Crippen molar-refractivity contribution in [3.8, 4) is 11.5 Å². The number of ether oxygens (including phenoxy) is 1. The van der Waals surface area contributed by atoms with Gasteiger partial charge in [0.15, 0.2) is 6.10 Å². The fourth-order valence-corrected chi connectivity index (χ4v) is 2.53. The van der Waals surface area contributed by atoms with E-state index in [0.29, 0.717) is 6.08 Å². The molecule has 8 nitrogen and oxygen atoms in total. The Kier molecular flexibility index (Phi) is 6.32. The summed E-state index contributed by atoms with van der Waals surface area (Å²) in [6.07, 6.45) is -4.44. The van der Waals surface area contributed by atoms with E-state index < -0.39 is 54.2 Å². The number of carbonyl (C=O) groups is 1. The number of esters is 1. The van der Waals surface area contributed by atoms with Crippen LogP contribution >= 0.6 is 0 Å². The first-order valence-corrected chi connectivity index (χ1v) is 8.01. The second-order valence-electron chi connectivity index (χ2n) is 6.15. The average Bonchev–Trinajstić information content (AvgIpc) is 2.56. The fraction of sp³-hybridized carbons (Fsp3) is 0.333. The number of phenolic OH excluding ortho intramolecular Hbond substituents is 2. The number of aromatic hydroxyl groups is 2. The first-order chi connectivity index (χ1) is 12.6. The zero-order chi connectivity index (χ0) is 20.3. The number of rotatable bonds is 0. The fourth-order valence-electron chi connectivity index (χ4n) is 2.53. The maximum Gasteiger partial charge on any atom is 0.350 e. The summed E-state index contributed by atoms with van der Waals surface area (Å²) in [5, 5.41) is 49.3. The van der Waals surface area contributed by atoms with Crippen LogP contribution in [0.3, 0.4) is 0 Å². The molecule has 0 unspecified atom stereocenters. The number of ketones is 1. The maximum atomic E-state index is 13.9. The van der Waals surface area contributed by atoms with Crippen LogP contribution in [0.5, 0.6) is 11.5 Å². The molecule has 0 spiro atoms. The number of hydrogen-bond acceptors (Lipinski definition) is 7. The first-order valence-electron chi connectivity index (χ1n) is 8.01. The number of hydrogen-bond donors (Lipinski definition) is 5. The molecule has 0 aliphatic carbocycles. The minimum absolute atomic E-state index is 0.0493. The number of fused-ring (bicyclic) bond motifs is 1. The van der Waals surface area contributed by atoms with Gasteiger partial charge in [-0.05, 0) is 18.6 Å². The molecule has 0 radical (unpaired) electrons. The lowest BCUT2D eigenvalue weighted by molar-refractivity contribution is -0.0148. The third-order valence-electron chi connectivity index (χ3n) is 3.88. The Morgan fingerprint density at radius 2 is 1.89 bits per heavy atom. The summed E-state index contributed by atoms with van der Waals surface area (Å²) in [5.74, 6) is -3.85. The quantitative estimate of drug-likeness (QED) is 0.324. The van der Waals surface area contributed by atoms with E-state index in [0.717, 1.165) is 24.3 Å². The minimum atomic E-state index is -1.98. The van der Waals surface area contributed by atoms with E-state index >= 15 is 0 Å². The molecule has 2 rings (SSSR count). The molecule has 1 aliphatic heterocycles. The average molecular weight is 383 g/mol. The van der Waals surface area contributed by atoms with Crippen LogP contribution in [0.25, 0.3) is 6.08 Å². The van der Waals surface area contributed by atoms with Crippen LogP contribution < -0.4 is 0 Å². The van der Waals surface area contributed by atoms with Gasteiger partial charge in [0, 0.05) is 12.5 Å². The largest absolute Gasteiger partial charge is 0.508 e. The molecular formula is C18H20FO8+. The number of aliphatic hydroxyl groups is 3. The van der Waals surface area contributed by atoms with E-state index in [1.165, 1.54) is 6.92 Å². The Labute approximate surface area is 153 Å². The van der Waals surface area contributed by atoms with Crippen LogP contribution in [-0.2, 0) is 4.74 Å². The van der Waals surface area contributed by atoms with E-state index in [9.17, 15) is 39.5 Å². The van der Waals surface area contributed by atoms with Crippen LogP contribution in [-0.4, -0.2) is 66.5 Å². The summed E-state index contributed by atoms with van der Waals surface area (Å²) in [4.78, 5) is 22.0. The van der Waals surface area contributed by atoms with Crippen molar-refractivity contribution in [3.63, 3.8) is 0 Å². The van der Waals surface area contributed by atoms with Gasteiger partial charge in [-0.25, -0.2) is 9.18 Å². The topological polar surface area (TPSA) is 149 Å². The van der Waals surface area contributed by atoms with Gasteiger partial charge in [-0.2, -0.15) is 0 Å². The van der Waals surface area contributed by atoms with Gasteiger partial charge in [-0.3, -0.25) is 4.79 Å². The summed E-state index contributed by atoms with van der Waals surface area (Å²) in [6, 6.07) is 2.01. The highest BCUT2D eigenvalue weighted by Crippen LogP contribution is 2.30. The first kappa shape index (κ1) is 20.6. The third-order valence-corrected chi connectivity index (χ3v) is 3.88. The molecule has 4 atom stereocenters. The number of benzene rings is 1. The lowest BCUT2D eigenvalue weighted by Crippen LogP contribution is -2.41. The van der Waals surface area contributed by atoms with Crippen molar-refractivity contribution in [3.05, 3.63) is 41.2 Å². The molecule has 0 saturated heterocycles. The third kappa shape index (κ3) is 4.91. The Morgan fingerprint density at radius 3 is 2.56 bits per heavy atom. The monoisotopic (exact) mass is 383 g/mol. The Balaban J connectivity index is 2.54. The molecule has 6 N–H and O–H groups in total. The van der Waals surface area contributed by atoms with E-state index in [1.54, 1.807) is 0 Å². The molecule has 0 bridgehead atoms. The molecule has 0 saturated carbocycles. The summed E-state index contributed by atoms with van der Waals surface area (Å²) in [6.45, 7) is 1.37.